The van der Waals surface area contributed by atoms with E-state index >= 15 is 0 Å². The van der Waals surface area contributed by atoms with E-state index in [9.17, 15) is 4.79 Å². The lowest BCUT2D eigenvalue weighted by Gasteiger charge is -2.12. The highest BCUT2D eigenvalue weighted by Gasteiger charge is 2.08. The average molecular weight is 287 g/mol. The zero-order valence-corrected chi connectivity index (χ0v) is 11.8. The van der Waals surface area contributed by atoms with E-state index in [1.54, 1.807) is 44.6 Å². The Labute approximate surface area is 122 Å². The smallest absolute Gasteiger partial charge is 0.250 e. The standard InChI is InChI=1S/C15H17N3O3/c1-20-13-6-4-10(8-14(13)21-2)18-9-3-5-12(16)11(7-9)15(17)19/h3-8,18H,16H2,1-2H3,(H2,17,19). The molecule has 2 aromatic carbocycles. The Kier molecular flexibility index (Phi) is 4.18. The molecular weight excluding hydrogens is 270 g/mol. The maximum Gasteiger partial charge on any atom is 0.250 e. The summed E-state index contributed by atoms with van der Waals surface area (Å²) >= 11 is 0. The number of amides is 1. The van der Waals surface area contributed by atoms with Gasteiger partial charge in [-0.05, 0) is 30.3 Å². The van der Waals surface area contributed by atoms with Crippen LogP contribution in [0.25, 0.3) is 0 Å². The molecule has 6 heteroatoms. The van der Waals surface area contributed by atoms with Crippen molar-refractivity contribution in [2.45, 2.75) is 0 Å². The highest BCUT2D eigenvalue weighted by Crippen LogP contribution is 2.31. The number of anilines is 3. The summed E-state index contributed by atoms with van der Waals surface area (Å²) in [5.41, 5.74) is 13.1. The Morgan fingerprint density at radius 2 is 1.62 bits per heavy atom. The molecule has 6 nitrogen and oxygen atoms in total. The minimum absolute atomic E-state index is 0.278. The Morgan fingerprint density at radius 3 is 2.24 bits per heavy atom. The van der Waals surface area contributed by atoms with Crippen LogP contribution in [0.3, 0.4) is 0 Å². The SMILES string of the molecule is COc1ccc(Nc2ccc(N)c(C(N)=O)c2)cc1OC. The first-order valence-electron chi connectivity index (χ1n) is 6.23. The lowest BCUT2D eigenvalue weighted by molar-refractivity contribution is 0.100. The summed E-state index contributed by atoms with van der Waals surface area (Å²) in [7, 11) is 3.14. The van der Waals surface area contributed by atoms with Crippen LogP contribution < -0.4 is 26.3 Å². The number of nitrogen functional groups attached to an aromatic ring is 1. The van der Waals surface area contributed by atoms with Gasteiger partial charge < -0.3 is 26.3 Å². The van der Waals surface area contributed by atoms with Crippen LogP contribution in [0.5, 0.6) is 11.5 Å². The highest BCUT2D eigenvalue weighted by molar-refractivity contribution is 5.99. The van der Waals surface area contributed by atoms with Gasteiger partial charge in [-0.2, -0.15) is 0 Å². The van der Waals surface area contributed by atoms with Crippen LogP contribution in [0.1, 0.15) is 10.4 Å². The molecule has 2 aromatic rings. The summed E-state index contributed by atoms with van der Waals surface area (Å²) in [6.45, 7) is 0. The molecule has 1 amide bonds. The first kappa shape index (κ1) is 14.5. The molecule has 0 radical (unpaired) electrons. The maximum atomic E-state index is 11.3. The molecular formula is C15H17N3O3. The molecule has 0 fully saturated rings. The van der Waals surface area contributed by atoms with Crippen LogP contribution in [0.2, 0.25) is 0 Å². The average Bonchev–Trinajstić information content (AvgIpc) is 2.48. The monoisotopic (exact) mass is 287 g/mol. The largest absolute Gasteiger partial charge is 0.493 e. The van der Waals surface area contributed by atoms with Crippen molar-refractivity contribution in [2.75, 3.05) is 25.3 Å². The predicted octanol–water partition coefficient (Wildman–Crippen LogP) is 2.13. The Balaban J connectivity index is 2.30. The second-order valence-electron chi connectivity index (χ2n) is 4.36. The summed E-state index contributed by atoms with van der Waals surface area (Å²) < 4.78 is 10.4. The number of methoxy groups -OCH3 is 2. The van der Waals surface area contributed by atoms with Gasteiger partial charge in [0.1, 0.15) is 0 Å². The van der Waals surface area contributed by atoms with Gasteiger partial charge in [-0.3, -0.25) is 4.79 Å². The molecule has 110 valence electrons. The zero-order chi connectivity index (χ0) is 15.4. The third-order valence-electron chi connectivity index (χ3n) is 2.99. The van der Waals surface area contributed by atoms with Crippen LogP contribution in [-0.2, 0) is 0 Å². The minimum Gasteiger partial charge on any atom is -0.493 e. The van der Waals surface area contributed by atoms with Crippen molar-refractivity contribution in [3.63, 3.8) is 0 Å². The molecule has 0 saturated carbocycles. The zero-order valence-electron chi connectivity index (χ0n) is 11.8. The van der Waals surface area contributed by atoms with Gasteiger partial charge in [-0.1, -0.05) is 0 Å². The van der Waals surface area contributed by atoms with Gasteiger partial charge in [0.15, 0.2) is 11.5 Å². The lowest BCUT2D eigenvalue weighted by Crippen LogP contribution is -2.13. The van der Waals surface area contributed by atoms with E-state index in [1.807, 2.05) is 6.07 Å². The maximum absolute atomic E-state index is 11.3. The van der Waals surface area contributed by atoms with E-state index in [1.165, 1.54) is 0 Å². The third-order valence-corrected chi connectivity index (χ3v) is 2.99. The van der Waals surface area contributed by atoms with Crippen LogP contribution in [0.4, 0.5) is 17.1 Å². The number of hydrogen-bond donors (Lipinski definition) is 3. The minimum atomic E-state index is -0.566. The summed E-state index contributed by atoms with van der Waals surface area (Å²) in [6, 6.07) is 10.4. The normalized spacial score (nSPS) is 10.0. The van der Waals surface area contributed by atoms with Crippen molar-refractivity contribution >= 4 is 23.0 Å². The molecule has 0 aliphatic rings. The Morgan fingerprint density at radius 1 is 1.00 bits per heavy atom. The number of primary amides is 1. The van der Waals surface area contributed by atoms with E-state index < -0.39 is 5.91 Å². The number of carbonyl (C=O) groups is 1. The van der Waals surface area contributed by atoms with E-state index in [2.05, 4.69) is 5.32 Å². The van der Waals surface area contributed by atoms with Crippen molar-refractivity contribution in [3.05, 3.63) is 42.0 Å². The van der Waals surface area contributed by atoms with Gasteiger partial charge in [0, 0.05) is 23.1 Å². The number of hydrogen-bond acceptors (Lipinski definition) is 5. The first-order chi connectivity index (χ1) is 10.0. The Hall–Kier alpha value is -2.89. The summed E-state index contributed by atoms with van der Waals surface area (Å²) in [5, 5.41) is 3.15. The summed E-state index contributed by atoms with van der Waals surface area (Å²) in [5.74, 6) is 0.676. The van der Waals surface area contributed by atoms with Crippen molar-refractivity contribution in [3.8, 4) is 11.5 Å². The molecule has 0 aliphatic carbocycles. The number of carbonyl (C=O) groups excluding carboxylic acids is 1. The first-order valence-corrected chi connectivity index (χ1v) is 6.23. The van der Waals surface area contributed by atoms with Gasteiger partial charge in [-0.15, -0.1) is 0 Å². The van der Waals surface area contributed by atoms with Gasteiger partial charge in [-0.25, -0.2) is 0 Å². The fraction of sp³-hybridized carbons (Fsp3) is 0.133. The van der Waals surface area contributed by atoms with Crippen LogP contribution in [0.15, 0.2) is 36.4 Å². The van der Waals surface area contributed by atoms with E-state index in [0.717, 1.165) is 5.69 Å². The fourth-order valence-corrected chi connectivity index (χ4v) is 1.93. The molecule has 0 aromatic heterocycles. The fourth-order valence-electron chi connectivity index (χ4n) is 1.93. The molecule has 0 aliphatic heterocycles. The number of ether oxygens (including phenoxy) is 2. The quantitative estimate of drug-likeness (QED) is 0.731. The summed E-state index contributed by atoms with van der Waals surface area (Å²) in [4.78, 5) is 11.3. The predicted molar refractivity (Wildman–Crippen MR) is 82.2 cm³/mol. The van der Waals surface area contributed by atoms with Gasteiger partial charge in [0.05, 0.1) is 19.8 Å². The van der Waals surface area contributed by atoms with Gasteiger partial charge in [0.25, 0.3) is 5.91 Å². The van der Waals surface area contributed by atoms with Gasteiger partial charge in [0.2, 0.25) is 0 Å². The second-order valence-corrected chi connectivity index (χ2v) is 4.36. The number of benzene rings is 2. The molecule has 5 N–H and O–H groups in total. The topological polar surface area (TPSA) is 99.6 Å². The van der Waals surface area contributed by atoms with Crippen molar-refractivity contribution in [2.24, 2.45) is 5.73 Å². The molecule has 0 atom stereocenters. The molecule has 21 heavy (non-hydrogen) atoms. The number of rotatable bonds is 5. The van der Waals surface area contributed by atoms with E-state index in [0.29, 0.717) is 22.9 Å². The van der Waals surface area contributed by atoms with Crippen molar-refractivity contribution in [1.82, 2.24) is 0 Å². The molecule has 2 rings (SSSR count). The Bertz CT molecular complexity index is 671. The molecule has 0 unspecified atom stereocenters. The van der Waals surface area contributed by atoms with Crippen LogP contribution in [0, 0.1) is 0 Å². The van der Waals surface area contributed by atoms with E-state index in [-0.39, 0.29) is 5.56 Å². The number of nitrogens with two attached hydrogens (primary N) is 2. The molecule has 0 bridgehead atoms. The highest BCUT2D eigenvalue weighted by atomic mass is 16.5. The van der Waals surface area contributed by atoms with Crippen molar-refractivity contribution < 1.29 is 14.3 Å². The molecule has 0 saturated heterocycles. The third kappa shape index (κ3) is 3.17. The number of nitrogens with one attached hydrogen (secondary N) is 1. The lowest BCUT2D eigenvalue weighted by atomic mass is 10.1. The van der Waals surface area contributed by atoms with Gasteiger partial charge >= 0.3 is 0 Å². The van der Waals surface area contributed by atoms with E-state index in [4.69, 9.17) is 20.9 Å². The second kappa shape index (κ2) is 6.04. The molecule has 0 spiro atoms. The molecule has 0 heterocycles. The van der Waals surface area contributed by atoms with Crippen LogP contribution in [-0.4, -0.2) is 20.1 Å². The van der Waals surface area contributed by atoms with Crippen molar-refractivity contribution in [1.29, 1.82) is 0 Å². The summed E-state index contributed by atoms with van der Waals surface area (Å²) in [6.07, 6.45) is 0. The van der Waals surface area contributed by atoms with Crippen LogP contribution >= 0.6 is 0 Å².